The number of fused-ring (bicyclic) bond motifs is 1. The van der Waals surface area contributed by atoms with Gasteiger partial charge in [0.25, 0.3) is 0 Å². The Morgan fingerprint density at radius 3 is 3.07 bits per heavy atom. The molecular formula is C20H20BrN3O4. The number of aliphatic carboxylic acids is 1. The molecule has 3 aromatic rings. The van der Waals surface area contributed by atoms with Crippen LogP contribution in [0.1, 0.15) is 19.3 Å². The van der Waals surface area contributed by atoms with Crippen molar-refractivity contribution >= 4 is 38.6 Å². The normalized spacial score (nSPS) is 16.8. The Balaban J connectivity index is 1.65. The number of hydrogen-bond acceptors (Lipinski definition) is 6. The molecule has 7 nitrogen and oxygen atoms in total. The Bertz CT molecular complexity index is 977. The van der Waals surface area contributed by atoms with E-state index < -0.39 is 5.97 Å². The molecule has 0 amide bonds. The van der Waals surface area contributed by atoms with Crippen LogP contribution in [0, 0.1) is 0 Å². The van der Waals surface area contributed by atoms with Gasteiger partial charge in [0.15, 0.2) is 12.2 Å². The van der Waals surface area contributed by atoms with E-state index in [9.17, 15) is 4.79 Å². The van der Waals surface area contributed by atoms with E-state index in [1.165, 1.54) is 6.39 Å². The standard InChI is InChI=1S/C20H20BrN3O4/c21-13-3-4-15-16(18-10-22-12-28-18)9-19(23-17(15)8-13)24-6-1-2-14(24)11-27-7-5-20(25)26/h3-4,8-10,12,14H,1-2,5-7,11H2,(H,25,26). The Hall–Kier alpha value is -2.45. The average Bonchev–Trinajstić information content (AvgIpc) is 3.36. The van der Waals surface area contributed by atoms with E-state index in [2.05, 4.69) is 25.8 Å². The minimum absolute atomic E-state index is 0.0185. The SMILES string of the molecule is O=C(O)CCOCC1CCCN1c1cc(-c2cnco2)c2ccc(Br)cc2n1. The van der Waals surface area contributed by atoms with Crippen molar-refractivity contribution in [3.63, 3.8) is 0 Å². The fraction of sp³-hybridized carbons (Fsp3) is 0.350. The number of carbonyl (C=O) groups is 1. The summed E-state index contributed by atoms with van der Waals surface area (Å²) in [5.74, 6) is 0.715. The van der Waals surface area contributed by atoms with E-state index in [1.54, 1.807) is 6.20 Å². The van der Waals surface area contributed by atoms with Crippen molar-refractivity contribution in [1.82, 2.24) is 9.97 Å². The van der Waals surface area contributed by atoms with E-state index in [0.717, 1.165) is 46.1 Å². The molecule has 8 heteroatoms. The van der Waals surface area contributed by atoms with E-state index in [1.807, 2.05) is 24.3 Å². The molecule has 1 saturated heterocycles. The number of rotatable bonds is 7. The molecule has 1 fully saturated rings. The summed E-state index contributed by atoms with van der Waals surface area (Å²) < 4.78 is 12.1. The first kappa shape index (κ1) is 18.9. The molecule has 2 aromatic heterocycles. The number of anilines is 1. The van der Waals surface area contributed by atoms with Gasteiger partial charge in [-0.1, -0.05) is 22.0 Å². The van der Waals surface area contributed by atoms with Crippen molar-refractivity contribution < 1.29 is 19.1 Å². The summed E-state index contributed by atoms with van der Waals surface area (Å²) in [7, 11) is 0. The number of pyridine rings is 1. The van der Waals surface area contributed by atoms with Crippen LogP contribution in [0.2, 0.25) is 0 Å². The molecule has 0 spiro atoms. The van der Waals surface area contributed by atoms with Crippen molar-refractivity contribution in [2.75, 3.05) is 24.7 Å². The predicted octanol–water partition coefficient (Wildman–Crippen LogP) is 4.11. The largest absolute Gasteiger partial charge is 0.481 e. The summed E-state index contributed by atoms with van der Waals surface area (Å²) in [5.41, 5.74) is 1.82. The fourth-order valence-electron chi connectivity index (χ4n) is 3.58. The zero-order valence-corrected chi connectivity index (χ0v) is 16.8. The molecule has 0 saturated carbocycles. The first-order valence-electron chi connectivity index (χ1n) is 9.17. The number of nitrogens with zero attached hydrogens (tertiary/aromatic N) is 3. The van der Waals surface area contributed by atoms with Gasteiger partial charge < -0.3 is 19.2 Å². The first-order valence-corrected chi connectivity index (χ1v) is 9.96. The van der Waals surface area contributed by atoms with Crippen LogP contribution in [-0.4, -0.2) is 46.8 Å². The third kappa shape index (κ3) is 4.02. The molecule has 1 unspecified atom stereocenters. The van der Waals surface area contributed by atoms with Crippen LogP contribution >= 0.6 is 15.9 Å². The lowest BCUT2D eigenvalue weighted by Crippen LogP contribution is -2.34. The Kier molecular flexibility index (Phi) is 5.59. The van der Waals surface area contributed by atoms with Gasteiger partial charge in [-0.05, 0) is 31.0 Å². The van der Waals surface area contributed by atoms with Crippen LogP contribution < -0.4 is 4.90 Å². The van der Waals surface area contributed by atoms with Gasteiger partial charge in [0.2, 0.25) is 0 Å². The van der Waals surface area contributed by atoms with E-state index >= 15 is 0 Å². The smallest absolute Gasteiger partial charge is 0.305 e. The fourth-order valence-corrected chi connectivity index (χ4v) is 3.93. The van der Waals surface area contributed by atoms with Gasteiger partial charge in [0.05, 0.1) is 37.4 Å². The molecule has 3 heterocycles. The molecule has 28 heavy (non-hydrogen) atoms. The molecule has 1 aliphatic heterocycles. The summed E-state index contributed by atoms with van der Waals surface area (Å²) in [6.45, 7) is 1.60. The zero-order valence-electron chi connectivity index (χ0n) is 15.2. The van der Waals surface area contributed by atoms with Gasteiger partial charge in [0, 0.05) is 22.0 Å². The summed E-state index contributed by atoms with van der Waals surface area (Å²) in [4.78, 5) is 21.8. The Labute approximate surface area is 170 Å². The molecule has 0 aliphatic carbocycles. The van der Waals surface area contributed by atoms with Crippen molar-refractivity contribution in [1.29, 1.82) is 0 Å². The number of hydrogen-bond donors (Lipinski definition) is 1. The van der Waals surface area contributed by atoms with Crippen LogP contribution in [0.4, 0.5) is 5.82 Å². The topological polar surface area (TPSA) is 88.7 Å². The summed E-state index contributed by atoms with van der Waals surface area (Å²) in [6.07, 6.45) is 5.18. The van der Waals surface area contributed by atoms with Gasteiger partial charge in [0.1, 0.15) is 5.82 Å². The molecule has 1 aliphatic rings. The minimum Gasteiger partial charge on any atom is -0.481 e. The van der Waals surface area contributed by atoms with Crippen molar-refractivity contribution in [3.05, 3.63) is 41.3 Å². The summed E-state index contributed by atoms with van der Waals surface area (Å²) in [5, 5.41) is 9.76. The van der Waals surface area contributed by atoms with E-state index in [0.29, 0.717) is 12.4 Å². The van der Waals surface area contributed by atoms with Crippen LogP contribution in [0.25, 0.3) is 22.2 Å². The number of oxazole rings is 1. The number of carboxylic acids is 1. The quantitative estimate of drug-likeness (QED) is 0.547. The molecule has 1 aromatic carbocycles. The second-order valence-corrected chi connectivity index (χ2v) is 7.68. The van der Waals surface area contributed by atoms with Crippen molar-refractivity contribution in [2.45, 2.75) is 25.3 Å². The molecule has 0 radical (unpaired) electrons. The number of aromatic nitrogens is 2. The van der Waals surface area contributed by atoms with E-state index in [4.69, 9.17) is 19.2 Å². The van der Waals surface area contributed by atoms with Crippen molar-refractivity contribution in [2.24, 2.45) is 0 Å². The minimum atomic E-state index is -0.846. The maximum Gasteiger partial charge on any atom is 0.305 e. The van der Waals surface area contributed by atoms with Gasteiger partial charge in [-0.15, -0.1) is 0 Å². The number of benzene rings is 1. The summed E-state index contributed by atoms with van der Waals surface area (Å²) >= 11 is 3.52. The molecular weight excluding hydrogens is 426 g/mol. The highest BCUT2D eigenvalue weighted by atomic mass is 79.9. The highest BCUT2D eigenvalue weighted by Gasteiger charge is 2.27. The van der Waals surface area contributed by atoms with Crippen LogP contribution in [0.3, 0.4) is 0 Å². The van der Waals surface area contributed by atoms with Crippen LogP contribution in [-0.2, 0) is 9.53 Å². The molecule has 4 rings (SSSR count). The highest BCUT2D eigenvalue weighted by molar-refractivity contribution is 9.10. The second-order valence-electron chi connectivity index (χ2n) is 6.76. The lowest BCUT2D eigenvalue weighted by atomic mass is 10.1. The molecule has 0 bridgehead atoms. The van der Waals surface area contributed by atoms with Crippen LogP contribution in [0.15, 0.2) is 45.7 Å². The lowest BCUT2D eigenvalue weighted by Gasteiger charge is -2.26. The number of ether oxygens (including phenoxy) is 1. The molecule has 146 valence electrons. The number of carboxylic acid groups (broad SMARTS) is 1. The summed E-state index contributed by atoms with van der Waals surface area (Å²) in [6, 6.07) is 8.20. The monoisotopic (exact) mass is 445 g/mol. The number of halogens is 1. The van der Waals surface area contributed by atoms with Gasteiger partial charge in [-0.2, -0.15) is 0 Å². The Morgan fingerprint density at radius 2 is 2.29 bits per heavy atom. The average molecular weight is 446 g/mol. The zero-order chi connectivity index (χ0) is 19.5. The van der Waals surface area contributed by atoms with Crippen molar-refractivity contribution in [3.8, 4) is 11.3 Å². The third-order valence-electron chi connectivity index (χ3n) is 4.90. The molecule has 1 N–H and O–H groups in total. The highest BCUT2D eigenvalue weighted by Crippen LogP contribution is 2.34. The maximum atomic E-state index is 10.7. The first-order chi connectivity index (χ1) is 13.6. The second kappa shape index (κ2) is 8.28. The molecule has 1 atom stereocenters. The van der Waals surface area contributed by atoms with Gasteiger partial charge >= 0.3 is 5.97 Å². The maximum absolute atomic E-state index is 10.7. The lowest BCUT2D eigenvalue weighted by molar-refractivity contribution is -0.138. The van der Waals surface area contributed by atoms with Crippen LogP contribution in [0.5, 0.6) is 0 Å². The third-order valence-corrected chi connectivity index (χ3v) is 5.39. The van der Waals surface area contributed by atoms with E-state index in [-0.39, 0.29) is 19.1 Å². The predicted molar refractivity (Wildman–Crippen MR) is 108 cm³/mol. The Morgan fingerprint density at radius 1 is 1.39 bits per heavy atom. The van der Waals surface area contributed by atoms with Gasteiger partial charge in [-0.25, -0.2) is 9.97 Å². The van der Waals surface area contributed by atoms with Gasteiger partial charge in [-0.3, -0.25) is 4.79 Å².